The Labute approximate surface area is 178 Å². The summed E-state index contributed by atoms with van der Waals surface area (Å²) in [5.41, 5.74) is 0.884. The predicted molar refractivity (Wildman–Crippen MR) is 116 cm³/mol. The first kappa shape index (κ1) is 20.4. The van der Waals surface area contributed by atoms with Crippen molar-refractivity contribution in [2.75, 3.05) is 6.26 Å². The lowest BCUT2D eigenvalue weighted by Crippen LogP contribution is -2.30. The van der Waals surface area contributed by atoms with Crippen molar-refractivity contribution in [1.82, 2.24) is 4.90 Å². The highest BCUT2D eigenvalue weighted by molar-refractivity contribution is 7.89. The van der Waals surface area contributed by atoms with Crippen molar-refractivity contribution in [3.8, 4) is 0 Å². The predicted octanol–water partition coefficient (Wildman–Crippen LogP) is 4.78. The fourth-order valence-electron chi connectivity index (χ4n) is 3.37. The molecule has 3 aromatic heterocycles. The Balaban J connectivity index is 1.76. The molecule has 0 radical (unpaired) electrons. The van der Waals surface area contributed by atoms with Gasteiger partial charge in [0.15, 0.2) is 15.6 Å². The van der Waals surface area contributed by atoms with Crippen LogP contribution < -0.4 is 0 Å². The Morgan fingerprint density at radius 1 is 1.07 bits per heavy atom. The smallest absolute Gasteiger partial charge is 0.290 e. The first-order chi connectivity index (χ1) is 14.3. The lowest BCUT2D eigenvalue weighted by Gasteiger charge is -2.20. The van der Waals surface area contributed by atoms with E-state index < -0.39 is 9.84 Å². The summed E-state index contributed by atoms with van der Waals surface area (Å²) < 4.78 is 35.4. The van der Waals surface area contributed by atoms with E-state index in [0.717, 1.165) is 16.0 Å². The van der Waals surface area contributed by atoms with Gasteiger partial charge in [0.05, 0.1) is 25.1 Å². The number of furan rings is 2. The number of amides is 1. The molecule has 0 aliphatic carbocycles. The van der Waals surface area contributed by atoms with Crippen LogP contribution in [0.5, 0.6) is 0 Å². The number of thiophene rings is 1. The standard InChI is InChI=1S/C22H21NO5S2/c1-15-9-10-17(29-15)13-23(12-16-6-5-11-27-16)22(24)21-19(14-30(2,25)26)18-7-3-4-8-20(18)28-21/h3-11H,12-14H2,1-2H3. The first-order valence-electron chi connectivity index (χ1n) is 9.35. The molecule has 8 heteroatoms. The number of carbonyl (C=O) groups excluding carboxylic acids is 1. The van der Waals surface area contributed by atoms with Gasteiger partial charge in [0, 0.05) is 27.0 Å². The maximum atomic E-state index is 13.6. The lowest BCUT2D eigenvalue weighted by molar-refractivity contribution is 0.0688. The Hall–Kier alpha value is -2.84. The van der Waals surface area contributed by atoms with E-state index in [1.807, 2.05) is 19.1 Å². The molecule has 3 heterocycles. The minimum absolute atomic E-state index is 0.0569. The van der Waals surface area contributed by atoms with Crippen molar-refractivity contribution < 1.29 is 22.0 Å². The highest BCUT2D eigenvalue weighted by Crippen LogP contribution is 2.30. The molecule has 0 saturated heterocycles. The molecule has 30 heavy (non-hydrogen) atoms. The van der Waals surface area contributed by atoms with Crippen molar-refractivity contribution in [3.63, 3.8) is 0 Å². The van der Waals surface area contributed by atoms with Crippen LogP contribution in [0, 0.1) is 6.92 Å². The number of sulfone groups is 1. The number of nitrogens with zero attached hydrogens (tertiary/aromatic N) is 1. The normalized spacial score (nSPS) is 11.8. The molecule has 0 unspecified atom stereocenters. The molecule has 1 amide bonds. The highest BCUT2D eigenvalue weighted by atomic mass is 32.2. The van der Waals surface area contributed by atoms with Gasteiger partial charge in [0.1, 0.15) is 11.3 Å². The van der Waals surface area contributed by atoms with Gasteiger partial charge in [0.25, 0.3) is 5.91 Å². The topological polar surface area (TPSA) is 80.7 Å². The number of rotatable bonds is 7. The van der Waals surface area contributed by atoms with E-state index >= 15 is 0 Å². The van der Waals surface area contributed by atoms with E-state index in [9.17, 15) is 13.2 Å². The molecule has 0 aliphatic rings. The molecule has 0 fully saturated rings. The zero-order chi connectivity index (χ0) is 21.3. The van der Waals surface area contributed by atoms with Gasteiger partial charge in [0.2, 0.25) is 0 Å². The second kappa shape index (κ2) is 8.12. The molecule has 0 N–H and O–H groups in total. The van der Waals surface area contributed by atoms with Crippen LogP contribution >= 0.6 is 11.3 Å². The third kappa shape index (κ3) is 4.49. The largest absolute Gasteiger partial charge is 0.467 e. The second-order valence-corrected chi connectivity index (χ2v) is 10.7. The molecule has 156 valence electrons. The summed E-state index contributed by atoms with van der Waals surface area (Å²) >= 11 is 1.61. The molecule has 4 aromatic rings. The Morgan fingerprint density at radius 2 is 1.87 bits per heavy atom. The quantitative estimate of drug-likeness (QED) is 0.410. The summed E-state index contributed by atoms with van der Waals surface area (Å²) in [6.45, 7) is 2.63. The van der Waals surface area contributed by atoms with Crippen LogP contribution in [0.25, 0.3) is 11.0 Å². The summed E-state index contributed by atoms with van der Waals surface area (Å²) in [6, 6.07) is 14.7. The van der Waals surface area contributed by atoms with E-state index in [1.165, 1.54) is 0 Å². The molecule has 1 aromatic carbocycles. The Kier molecular flexibility index (Phi) is 5.53. The molecular formula is C22H21NO5S2. The molecule has 0 aliphatic heterocycles. The second-order valence-electron chi connectivity index (χ2n) is 7.23. The number of aryl methyl sites for hydroxylation is 1. The number of carbonyl (C=O) groups is 1. The maximum Gasteiger partial charge on any atom is 0.290 e. The van der Waals surface area contributed by atoms with Crippen molar-refractivity contribution in [3.05, 3.63) is 81.6 Å². The van der Waals surface area contributed by atoms with Crippen molar-refractivity contribution in [2.45, 2.75) is 25.8 Å². The zero-order valence-electron chi connectivity index (χ0n) is 16.6. The van der Waals surface area contributed by atoms with E-state index in [0.29, 0.717) is 28.8 Å². The number of fused-ring (bicyclic) bond motifs is 1. The van der Waals surface area contributed by atoms with Crippen molar-refractivity contribution in [2.24, 2.45) is 0 Å². The number of hydrogen-bond donors (Lipinski definition) is 0. The van der Waals surface area contributed by atoms with Gasteiger partial charge in [-0.1, -0.05) is 18.2 Å². The molecule has 0 bridgehead atoms. The van der Waals surface area contributed by atoms with Gasteiger partial charge in [-0.05, 0) is 37.3 Å². The fraction of sp³-hybridized carbons (Fsp3) is 0.227. The maximum absolute atomic E-state index is 13.6. The average molecular weight is 444 g/mol. The fourth-order valence-corrected chi connectivity index (χ4v) is 5.09. The number of hydrogen-bond acceptors (Lipinski definition) is 6. The third-order valence-corrected chi connectivity index (χ3v) is 6.45. The van der Waals surface area contributed by atoms with Crippen LogP contribution in [-0.2, 0) is 28.7 Å². The van der Waals surface area contributed by atoms with Gasteiger partial charge in [-0.3, -0.25) is 4.79 Å². The third-order valence-electron chi connectivity index (χ3n) is 4.66. The zero-order valence-corrected chi connectivity index (χ0v) is 18.3. The monoisotopic (exact) mass is 443 g/mol. The van der Waals surface area contributed by atoms with Crippen LogP contribution in [0.2, 0.25) is 0 Å². The van der Waals surface area contributed by atoms with E-state index in [4.69, 9.17) is 8.83 Å². The van der Waals surface area contributed by atoms with Crippen LogP contribution in [-0.4, -0.2) is 25.5 Å². The minimum Gasteiger partial charge on any atom is -0.467 e. The van der Waals surface area contributed by atoms with Gasteiger partial charge in [-0.15, -0.1) is 11.3 Å². The molecule has 0 saturated carbocycles. The van der Waals surface area contributed by atoms with E-state index in [-0.39, 0.29) is 24.0 Å². The first-order valence-corrected chi connectivity index (χ1v) is 12.2. The average Bonchev–Trinajstić information content (AvgIpc) is 3.41. The number of benzene rings is 1. The van der Waals surface area contributed by atoms with Gasteiger partial charge in [-0.2, -0.15) is 0 Å². The van der Waals surface area contributed by atoms with E-state index in [1.54, 1.807) is 58.9 Å². The van der Waals surface area contributed by atoms with Gasteiger partial charge < -0.3 is 13.7 Å². The van der Waals surface area contributed by atoms with Crippen LogP contribution in [0.3, 0.4) is 0 Å². The van der Waals surface area contributed by atoms with Crippen LogP contribution in [0.15, 0.2) is 63.6 Å². The van der Waals surface area contributed by atoms with Crippen LogP contribution in [0.4, 0.5) is 0 Å². The lowest BCUT2D eigenvalue weighted by atomic mass is 10.1. The van der Waals surface area contributed by atoms with Gasteiger partial charge in [-0.25, -0.2) is 8.42 Å². The number of para-hydroxylation sites is 1. The van der Waals surface area contributed by atoms with Crippen LogP contribution in [0.1, 0.15) is 31.6 Å². The summed E-state index contributed by atoms with van der Waals surface area (Å²) in [4.78, 5) is 17.3. The SMILES string of the molecule is Cc1ccc(CN(Cc2ccco2)C(=O)c2oc3ccccc3c2CS(C)(=O)=O)s1. The summed E-state index contributed by atoms with van der Waals surface area (Å²) in [5.74, 6) is 0.0591. The van der Waals surface area contributed by atoms with Crippen molar-refractivity contribution >= 4 is 38.1 Å². The highest BCUT2D eigenvalue weighted by Gasteiger charge is 2.28. The summed E-state index contributed by atoms with van der Waals surface area (Å²) in [5, 5.41) is 0.635. The van der Waals surface area contributed by atoms with Gasteiger partial charge >= 0.3 is 0 Å². The minimum atomic E-state index is -3.37. The Morgan fingerprint density at radius 3 is 2.53 bits per heavy atom. The molecule has 6 nitrogen and oxygen atoms in total. The molecule has 4 rings (SSSR count). The van der Waals surface area contributed by atoms with E-state index in [2.05, 4.69) is 0 Å². The molecule has 0 spiro atoms. The molecular weight excluding hydrogens is 422 g/mol. The molecule has 0 atom stereocenters. The summed E-state index contributed by atoms with van der Waals surface area (Å²) in [7, 11) is -3.37. The Bertz CT molecular complexity index is 1280. The van der Waals surface area contributed by atoms with Crippen molar-refractivity contribution in [1.29, 1.82) is 0 Å². The summed E-state index contributed by atoms with van der Waals surface area (Å²) in [6.07, 6.45) is 2.71.